The van der Waals surface area contributed by atoms with Gasteiger partial charge in [0.25, 0.3) is 0 Å². The highest BCUT2D eigenvalue weighted by molar-refractivity contribution is 5.81. The van der Waals surface area contributed by atoms with Crippen molar-refractivity contribution in [2.45, 2.75) is 45.3 Å². The van der Waals surface area contributed by atoms with E-state index in [9.17, 15) is 24.0 Å². The highest BCUT2D eigenvalue weighted by atomic mass is 16.7. The number of hydrogen-bond acceptors (Lipinski definition) is 18. The first-order valence-corrected chi connectivity index (χ1v) is 20.8. The van der Waals surface area contributed by atoms with E-state index in [1.54, 1.807) is 0 Å². The van der Waals surface area contributed by atoms with Gasteiger partial charge in [-0.2, -0.15) is 0 Å². The Kier molecular flexibility index (Phi) is 35.4. The van der Waals surface area contributed by atoms with E-state index in [4.69, 9.17) is 61.6 Å². The normalized spacial score (nSPS) is 10.7. The molecule has 0 unspecified atom stereocenters. The van der Waals surface area contributed by atoms with E-state index in [0.717, 1.165) is 38.7 Å². The van der Waals surface area contributed by atoms with E-state index >= 15 is 0 Å². The van der Waals surface area contributed by atoms with Crippen molar-refractivity contribution in [3.05, 3.63) is 146 Å². The number of aromatic nitrogens is 3. The van der Waals surface area contributed by atoms with Gasteiger partial charge < -0.3 is 61.6 Å². The number of carbonyl (C=O) groups is 2. The number of allylic oxidation sites excluding steroid dienone is 2. The molecule has 0 saturated heterocycles. The van der Waals surface area contributed by atoms with Crippen molar-refractivity contribution in [3.8, 4) is 0 Å². The van der Waals surface area contributed by atoms with Gasteiger partial charge in [-0.15, -0.1) is 13.2 Å². The molecule has 0 amide bonds. The first kappa shape index (κ1) is 60.8. The Morgan fingerprint density at radius 3 is 1.10 bits per heavy atom. The van der Waals surface area contributed by atoms with Crippen molar-refractivity contribution in [1.29, 1.82) is 0 Å². The van der Waals surface area contributed by atoms with E-state index in [0.29, 0.717) is 19.4 Å². The van der Waals surface area contributed by atoms with Crippen molar-refractivity contribution in [2.75, 3.05) is 93.4 Å². The molecule has 1 heterocycles. The predicted molar refractivity (Wildman–Crippen MR) is 247 cm³/mol. The number of rotatable bonds is 44. The molecule has 0 N–H and O–H groups in total. The summed E-state index contributed by atoms with van der Waals surface area (Å²) < 4.78 is 71.2. The summed E-state index contributed by atoms with van der Waals surface area (Å²) in [4.78, 5) is 60.9. The van der Waals surface area contributed by atoms with E-state index < -0.39 is 39.8 Å². The largest absolute Gasteiger partial charge is 0.476 e. The zero-order valence-electron chi connectivity index (χ0n) is 38.6. The van der Waals surface area contributed by atoms with Crippen LogP contribution in [0.1, 0.15) is 25.7 Å². The molecule has 0 spiro atoms. The molecule has 67 heavy (non-hydrogen) atoms. The lowest BCUT2D eigenvalue weighted by Crippen LogP contribution is -2.55. The molecular formula is C46H69N3O18. The van der Waals surface area contributed by atoms with Crippen LogP contribution in [0.15, 0.2) is 129 Å². The molecule has 0 aliphatic rings. The second-order valence-corrected chi connectivity index (χ2v) is 13.8. The van der Waals surface area contributed by atoms with Crippen LogP contribution in [0.4, 0.5) is 0 Å². The van der Waals surface area contributed by atoms with Crippen LogP contribution in [0.25, 0.3) is 0 Å². The minimum atomic E-state index is -0.861. The third-order valence-electron chi connectivity index (χ3n) is 8.86. The van der Waals surface area contributed by atoms with Crippen LogP contribution in [-0.2, 0) is 90.8 Å². The number of hydrogen-bond donors (Lipinski definition) is 0. The van der Waals surface area contributed by atoms with Gasteiger partial charge in [0.1, 0.15) is 6.61 Å². The molecule has 0 aliphatic heterocycles. The molecule has 0 fully saturated rings. The molecule has 0 bridgehead atoms. The van der Waals surface area contributed by atoms with Crippen LogP contribution < -0.4 is 17.1 Å². The topological polar surface area (TPSA) is 220 Å². The predicted octanol–water partition coefficient (Wildman–Crippen LogP) is 4.21. The van der Waals surface area contributed by atoms with Crippen LogP contribution >= 0.6 is 0 Å². The molecule has 0 aliphatic carbocycles. The highest BCUT2D eigenvalue weighted by Gasteiger charge is 2.36. The van der Waals surface area contributed by atoms with Crippen LogP contribution in [0, 0.1) is 10.8 Å². The summed E-state index contributed by atoms with van der Waals surface area (Å²) in [7, 11) is 0. The number of carbonyl (C=O) groups excluding carboxylic acids is 2. The van der Waals surface area contributed by atoms with Crippen LogP contribution in [-0.4, -0.2) is 119 Å². The van der Waals surface area contributed by atoms with Crippen molar-refractivity contribution in [3.63, 3.8) is 0 Å². The summed E-state index contributed by atoms with van der Waals surface area (Å²) in [5, 5.41) is 0. The van der Waals surface area contributed by atoms with Gasteiger partial charge in [-0.05, 0) is 25.7 Å². The van der Waals surface area contributed by atoms with E-state index in [1.165, 1.54) is 31.3 Å². The Balaban J connectivity index is 0.00000133. The van der Waals surface area contributed by atoms with Gasteiger partial charge in [-0.1, -0.05) is 58.2 Å². The first-order chi connectivity index (χ1) is 32.4. The van der Waals surface area contributed by atoms with Gasteiger partial charge in [0.2, 0.25) is 0 Å². The van der Waals surface area contributed by atoms with Gasteiger partial charge in [0.05, 0.1) is 109 Å². The third kappa shape index (κ3) is 26.5. The maximum Gasteiger partial charge on any atom is 0.336 e. The van der Waals surface area contributed by atoms with Crippen molar-refractivity contribution in [2.24, 2.45) is 10.8 Å². The van der Waals surface area contributed by atoms with Gasteiger partial charge >= 0.3 is 29.0 Å². The fraction of sp³-hybridized carbons (Fsp3) is 0.500. The monoisotopic (exact) mass is 951 g/mol. The second kappa shape index (κ2) is 39.0. The van der Waals surface area contributed by atoms with Gasteiger partial charge in [0.15, 0.2) is 34.0 Å². The zero-order valence-corrected chi connectivity index (χ0v) is 38.6. The fourth-order valence-electron chi connectivity index (χ4n) is 5.53. The maximum atomic E-state index is 12.6. The SMILES string of the molecule is C=CCCC(CCC=C)(COCC(COCOC=C)(COCOC=C)COCOC=C)COC(=O)C=C.C=COCOCCn1c(=O)n(CCOCOC=C)c(=O)n(CCOC(=O)C=C)c1=O. The maximum absolute atomic E-state index is 12.6. The highest BCUT2D eigenvalue weighted by Crippen LogP contribution is 2.33. The molecule has 0 atom stereocenters. The standard InChI is InChI=1S/C28H44O9.C18H25N3O9/c1-7-13-15-27(16-14-8-2,22-37-26(29)9-3)17-33-18-28(19-34-23-30-10-4,20-35-24-31-11-5)21-36-25-32-12-6;1-4-15(22)30-12-9-21-17(24)19(7-10-28-13-26-5-2)16(23)20(18(21)25)8-11-29-14-27-6-3/h7-12H,1-6,13-25H2;4-6H,1-3,7-14H2. The molecule has 21 heteroatoms. The molecule has 376 valence electrons. The number of nitrogens with zero attached hydrogens (tertiary/aromatic N) is 3. The van der Waals surface area contributed by atoms with Crippen LogP contribution in [0.5, 0.6) is 0 Å². The summed E-state index contributed by atoms with van der Waals surface area (Å²) in [5.74, 6) is -1.19. The molecule has 0 aromatic carbocycles. The summed E-state index contributed by atoms with van der Waals surface area (Å²) in [6.45, 7) is 31.8. The lowest BCUT2D eigenvalue weighted by atomic mass is 9.80. The van der Waals surface area contributed by atoms with E-state index in [2.05, 4.69) is 59.2 Å². The lowest BCUT2D eigenvalue weighted by Gasteiger charge is -2.36. The molecule has 21 nitrogen and oxygen atoms in total. The average molecular weight is 952 g/mol. The van der Waals surface area contributed by atoms with E-state index in [-0.39, 0.29) is 106 Å². The summed E-state index contributed by atoms with van der Waals surface area (Å²) in [6, 6.07) is 0. The molecule has 0 saturated carbocycles. The van der Waals surface area contributed by atoms with Gasteiger partial charge in [-0.25, -0.2) is 37.7 Å². The molecule has 1 aromatic heterocycles. The quantitative estimate of drug-likeness (QED) is 0.0223. The summed E-state index contributed by atoms with van der Waals surface area (Å²) in [5.41, 5.74) is -3.76. The molecular weight excluding hydrogens is 883 g/mol. The van der Waals surface area contributed by atoms with Crippen LogP contribution in [0.2, 0.25) is 0 Å². The average Bonchev–Trinajstić information content (AvgIpc) is 3.33. The summed E-state index contributed by atoms with van der Waals surface area (Å²) >= 11 is 0. The van der Waals surface area contributed by atoms with Crippen molar-refractivity contribution in [1.82, 2.24) is 13.7 Å². The Morgan fingerprint density at radius 2 is 0.746 bits per heavy atom. The summed E-state index contributed by atoms with van der Waals surface area (Å²) in [6.07, 6.45) is 14.9. The van der Waals surface area contributed by atoms with Gasteiger partial charge in [0, 0.05) is 17.6 Å². The number of ether oxygens (including phenoxy) is 13. The molecule has 0 radical (unpaired) electrons. The smallest absolute Gasteiger partial charge is 0.336 e. The zero-order chi connectivity index (χ0) is 50.0. The van der Waals surface area contributed by atoms with Crippen LogP contribution in [0.3, 0.4) is 0 Å². The Bertz CT molecular complexity index is 1730. The van der Waals surface area contributed by atoms with Crippen molar-refractivity contribution < 1.29 is 71.2 Å². The first-order valence-electron chi connectivity index (χ1n) is 20.8. The van der Waals surface area contributed by atoms with E-state index in [1.807, 2.05) is 12.2 Å². The van der Waals surface area contributed by atoms with Gasteiger partial charge in [-0.3, -0.25) is 0 Å². The minimum absolute atomic E-state index is 0.00230. The lowest BCUT2D eigenvalue weighted by molar-refractivity contribution is -0.164. The number of esters is 2. The third-order valence-corrected chi connectivity index (χ3v) is 8.86. The Hall–Kier alpha value is -6.23. The Labute approximate surface area is 391 Å². The molecule has 1 aromatic rings. The molecule has 1 rings (SSSR count). The van der Waals surface area contributed by atoms with Crippen molar-refractivity contribution >= 4 is 11.9 Å². The second-order valence-electron chi connectivity index (χ2n) is 13.8. The Morgan fingerprint density at radius 1 is 0.418 bits per heavy atom. The minimum Gasteiger partial charge on any atom is -0.476 e. The fourth-order valence-corrected chi connectivity index (χ4v) is 5.53.